The van der Waals surface area contributed by atoms with Crippen molar-refractivity contribution in [3.8, 4) is 0 Å². The molecule has 2 aromatic rings. The summed E-state index contributed by atoms with van der Waals surface area (Å²) in [6.07, 6.45) is 2.38. The molecule has 1 aliphatic carbocycles. The molecule has 0 atom stereocenters. The number of rotatable bonds is 9. The number of aromatic nitrogens is 3. The van der Waals surface area contributed by atoms with E-state index in [1.165, 1.54) is 18.6 Å². The first-order valence-corrected chi connectivity index (χ1v) is 11.7. The monoisotopic (exact) mass is 495 g/mol. The third kappa shape index (κ3) is 6.36. The second-order valence-electron chi connectivity index (χ2n) is 9.19. The van der Waals surface area contributed by atoms with Gasteiger partial charge < -0.3 is 16.0 Å². The molecule has 35 heavy (non-hydrogen) atoms. The molecular weight excluding hydrogens is 466 g/mol. The Hall–Kier alpha value is -3.02. The fourth-order valence-corrected chi connectivity index (χ4v) is 4.45. The lowest BCUT2D eigenvalue weighted by Gasteiger charge is -2.38. The number of alkyl halides is 3. The summed E-state index contributed by atoms with van der Waals surface area (Å²) in [7, 11) is 0. The van der Waals surface area contributed by atoms with Crippen molar-refractivity contribution >= 4 is 17.5 Å². The summed E-state index contributed by atoms with van der Waals surface area (Å²) in [6, 6.07) is 2.35. The molecule has 2 fully saturated rings. The smallest absolute Gasteiger partial charge is 0.369 e. The minimum absolute atomic E-state index is 0.0455. The number of amides is 1. The van der Waals surface area contributed by atoms with Crippen LogP contribution in [-0.2, 0) is 17.5 Å². The van der Waals surface area contributed by atoms with Crippen molar-refractivity contribution in [2.75, 3.05) is 36.4 Å². The highest BCUT2D eigenvalue weighted by molar-refractivity contribution is 5.75. The summed E-state index contributed by atoms with van der Waals surface area (Å²) >= 11 is 0. The molecule has 8 nitrogen and oxygen atoms in total. The van der Waals surface area contributed by atoms with Crippen LogP contribution in [-0.4, -0.2) is 58.0 Å². The number of halogens is 4. The van der Waals surface area contributed by atoms with Gasteiger partial charge in [0.05, 0.1) is 6.54 Å². The molecule has 12 heteroatoms. The molecule has 0 spiro atoms. The largest absolute Gasteiger partial charge is 0.433 e. The van der Waals surface area contributed by atoms with Crippen LogP contribution in [0.1, 0.15) is 43.4 Å². The number of nitrogens with zero attached hydrogens (tertiary/aromatic N) is 5. The predicted octanol–water partition coefficient (Wildman–Crippen LogP) is 3.20. The molecule has 1 saturated carbocycles. The second-order valence-corrected chi connectivity index (χ2v) is 9.19. The molecule has 1 aliphatic heterocycles. The normalized spacial score (nSPS) is 17.7. The fourth-order valence-electron chi connectivity index (χ4n) is 4.45. The van der Waals surface area contributed by atoms with Gasteiger partial charge in [0.15, 0.2) is 11.6 Å². The van der Waals surface area contributed by atoms with Crippen LogP contribution in [0.2, 0.25) is 0 Å². The van der Waals surface area contributed by atoms with Gasteiger partial charge >= 0.3 is 6.18 Å². The van der Waals surface area contributed by atoms with Gasteiger partial charge in [-0.2, -0.15) is 17.6 Å². The Bertz CT molecular complexity index is 1010. The molecule has 190 valence electrons. The van der Waals surface area contributed by atoms with Crippen LogP contribution in [0.5, 0.6) is 0 Å². The Morgan fingerprint density at radius 3 is 2.46 bits per heavy atom. The van der Waals surface area contributed by atoms with Gasteiger partial charge in [0.1, 0.15) is 12.0 Å². The lowest BCUT2D eigenvalue weighted by Crippen LogP contribution is -2.41. The van der Waals surface area contributed by atoms with Crippen LogP contribution in [0.3, 0.4) is 0 Å². The number of carbonyl (C=O) groups excluding carboxylic acids is 1. The molecule has 0 radical (unpaired) electrons. The average Bonchev–Trinajstić information content (AvgIpc) is 2.77. The Morgan fingerprint density at radius 2 is 1.89 bits per heavy atom. The van der Waals surface area contributed by atoms with Gasteiger partial charge in [-0.1, -0.05) is 6.07 Å². The minimum Gasteiger partial charge on any atom is -0.369 e. The number of nitrogens with two attached hydrogens (primary N) is 1. The SMILES string of the molecule is NC(=O)CN1CCC(CNc2ncnc(N(Cc3ccc(C(F)(F)F)nc3)C3CCC3)c2F)CC1. The molecule has 0 aromatic carbocycles. The zero-order valence-corrected chi connectivity index (χ0v) is 19.3. The number of primary amides is 1. The van der Waals surface area contributed by atoms with E-state index in [9.17, 15) is 18.0 Å². The number of pyridine rings is 1. The number of nitrogens with one attached hydrogen (secondary N) is 1. The minimum atomic E-state index is -4.51. The van der Waals surface area contributed by atoms with Crippen LogP contribution >= 0.6 is 0 Å². The Morgan fingerprint density at radius 1 is 1.14 bits per heavy atom. The molecule has 4 rings (SSSR count). The number of piperidine rings is 1. The zero-order chi connectivity index (χ0) is 25.0. The van der Waals surface area contributed by atoms with E-state index in [-0.39, 0.29) is 36.7 Å². The van der Waals surface area contributed by atoms with Gasteiger partial charge in [-0.05, 0) is 62.7 Å². The molecule has 3 N–H and O–H groups in total. The number of anilines is 2. The summed E-state index contributed by atoms with van der Waals surface area (Å²) in [5, 5.41) is 3.10. The van der Waals surface area contributed by atoms with Crippen LogP contribution in [0.4, 0.5) is 29.2 Å². The van der Waals surface area contributed by atoms with Crippen LogP contribution in [0.25, 0.3) is 0 Å². The van der Waals surface area contributed by atoms with Gasteiger partial charge in [0.25, 0.3) is 0 Å². The van der Waals surface area contributed by atoms with Gasteiger partial charge in [0, 0.05) is 25.3 Å². The lowest BCUT2D eigenvalue weighted by atomic mass is 9.91. The summed E-state index contributed by atoms with van der Waals surface area (Å²) in [4.78, 5) is 26.7. The second kappa shape index (κ2) is 10.7. The number of hydrogen-bond acceptors (Lipinski definition) is 7. The number of hydrogen-bond donors (Lipinski definition) is 2. The van der Waals surface area contributed by atoms with E-state index in [0.717, 1.165) is 51.3 Å². The van der Waals surface area contributed by atoms with Crippen LogP contribution in [0, 0.1) is 11.7 Å². The summed E-state index contributed by atoms with van der Waals surface area (Å²) < 4.78 is 54.0. The quantitative estimate of drug-likeness (QED) is 0.516. The highest BCUT2D eigenvalue weighted by Gasteiger charge is 2.33. The van der Waals surface area contributed by atoms with Crippen molar-refractivity contribution in [2.45, 2.75) is 50.9 Å². The van der Waals surface area contributed by atoms with E-state index in [2.05, 4.69) is 20.3 Å². The van der Waals surface area contributed by atoms with Crippen molar-refractivity contribution < 1.29 is 22.4 Å². The third-order valence-electron chi connectivity index (χ3n) is 6.67. The molecule has 0 bridgehead atoms. The summed E-state index contributed by atoms with van der Waals surface area (Å²) in [5.41, 5.74) is 4.83. The summed E-state index contributed by atoms with van der Waals surface area (Å²) in [5.74, 6) is -0.392. The van der Waals surface area contributed by atoms with E-state index >= 15 is 4.39 Å². The van der Waals surface area contributed by atoms with Crippen molar-refractivity contribution in [2.24, 2.45) is 11.7 Å². The van der Waals surface area contributed by atoms with Gasteiger partial charge in [-0.3, -0.25) is 14.7 Å². The first kappa shape index (κ1) is 25.1. The number of carbonyl (C=O) groups is 1. The highest BCUT2D eigenvalue weighted by Crippen LogP contribution is 2.33. The fraction of sp³-hybridized carbons (Fsp3) is 0.565. The van der Waals surface area contributed by atoms with Crippen molar-refractivity contribution in [3.05, 3.63) is 41.7 Å². The zero-order valence-electron chi connectivity index (χ0n) is 19.3. The van der Waals surface area contributed by atoms with Crippen LogP contribution in [0.15, 0.2) is 24.7 Å². The van der Waals surface area contributed by atoms with Crippen molar-refractivity contribution in [1.29, 1.82) is 0 Å². The van der Waals surface area contributed by atoms with Gasteiger partial charge in [-0.15, -0.1) is 0 Å². The Kier molecular flexibility index (Phi) is 7.68. The van der Waals surface area contributed by atoms with Crippen LogP contribution < -0.4 is 16.0 Å². The summed E-state index contributed by atoms with van der Waals surface area (Å²) in [6.45, 7) is 2.48. The highest BCUT2D eigenvalue weighted by atomic mass is 19.4. The molecule has 1 saturated heterocycles. The lowest BCUT2D eigenvalue weighted by molar-refractivity contribution is -0.141. The van der Waals surface area contributed by atoms with E-state index in [4.69, 9.17) is 5.73 Å². The van der Waals surface area contributed by atoms with Crippen molar-refractivity contribution in [1.82, 2.24) is 19.9 Å². The predicted molar refractivity (Wildman–Crippen MR) is 122 cm³/mol. The maximum absolute atomic E-state index is 15.5. The molecule has 1 amide bonds. The molecule has 3 heterocycles. The van der Waals surface area contributed by atoms with Gasteiger partial charge in [-0.25, -0.2) is 9.97 Å². The van der Waals surface area contributed by atoms with E-state index in [0.29, 0.717) is 18.0 Å². The van der Waals surface area contributed by atoms with E-state index < -0.39 is 17.7 Å². The molecule has 2 aromatic heterocycles. The van der Waals surface area contributed by atoms with Crippen molar-refractivity contribution in [3.63, 3.8) is 0 Å². The standard InChI is InChI=1S/C23H29F4N7O/c24-20-21(30-10-15-6-8-33(9-7-15)13-19(28)35)31-14-32-22(20)34(17-2-1-3-17)12-16-4-5-18(29-11-16)23(25,26)27/h4-5,11,14-15,17H,1-3,6-10,12-13H2,(H2,28,35)(H,30,31,32). The van der Waals surface area contributed by atoms with Gasteiger partial charge in [0.2, 0.25) is 11.7 Å². The average molecular weight is 496 g/mol. The maximum atomic E-state index is 15.5. The number of likely N-dealkylation sites (tertiary alicyclic amines) is 1. The first-order chi connectivity index (χ1) is 16.7. The molecule has 0 unspecified atom stereocenters. The Balaban J connectivity index is 1.42. The molecular formula is C23H29F4N7O. The molecule has 2 aliphatic rings. The first-order valence-electron chi connectivity index (χ1n) is 11.7. The Labute approximate surface area is 200 Å². The third-order valence-corrected chi connectivity index (χ3v) is 6.67. The van der Waals surface area contributed by atoms with E-state index in [1.54, 1.807) is 4.90 Å². The van der Waals surface area contributed by atoms with E-state index in [1.807, 2.05) is 4.90 Å². The topological polar surface area (TPSA) is 100 Å². The maximum Gasteiger partial charge on any atom is 0.433 e.